The fraction of sp³-hybridized carbons (Fsp3) is 0.571. The van der Waals surface area contributed by atoms with Gasteiger partial charge in [-0.05, 0) is 37.7 Å². The summed E-state index contributed by atoms with van der Waals surface area (Å²) in [6.07, 6.45) is 7.53. The SMILES string of the molecule is COC(=O)c1ccc(CNC2CCC(SC)C2)nc1. The fourth-order valence-electron chi connectivity index (χ4n) is 2.36. The second-order valence-electron chi connectivity index (χ2n) is 4.78. The molecule has 2 atom stereocenters. The van der Waals surface area contributed by atoms with Crippen LogP contribution in [0, 0.1) is 0 Å². The molecule has 2 unspecified atom stereocenters. The summed E-state index contributed by atoms with van der Waals surface area (Å²) in [6.45, 7) is 0.757. The molecule has 4 nitrogen and oxygen atoms in total. The minimum absolute atomic E-state index is 0.342. The normalized spacial score (nSPS) is 22.4. The van der Waals surface area contributed by atoms with Crippen molar-refractivity contribution in [1.82, 2.24) is 10.3 Å². The Morgan fingerprint density at radius 2 is 2.37 bits per heavy atom. The Bertz CT molecular complexity index is 422. The van der Waals surface area contributed by atoms with Crippen molar-refractivity contribution in [3.8, 4) is 0 Å². The molecule has 0 aromatic carbocycles. The summed E-state index contributed by atoms with van der Waals surface area (Å²) in [6, 6.07) is 4.23. The van der Waals surface area contributed by atoms with Gasteiger partial charge in [0.05, 0.1) is 18.4 Å². The molecular formula is C14H20N2O2S. The van der Waals surface area contributed by atoms with E-state index in [-0.39, 0.29) is 5.97 Å². The first-order valence-electron chi connectivity index (χ1n) is 6.52. The third-order valence-corrected chi connectivity index (χ3v) is 4.63. The highest BCUT2D eigenvalue weighted by Crippen LogP contribution is 2.28. The standard InChI is InChI=1S/C14H20N2O2S/c1-18-14(17)10-3-4-12(15-8-10)9-16-11-5-6-13(7-11)19-2/h3-4,8,11,13,16H,5-7,9H2,1-2H3. The molecule has 0 saturated heterocycles. The lowest BCUT2D eigenvalue weighted by atomic mass is 10.2. The van der Waals surface area contributed by atoms with E-state index >= 15 is 0 Å². The van der Waals surface area contributed by atoms with Crippen molar-refractivity contribution >= 4 is 17.7 Å². The Hall–Kier alpha value is -1.07. The monoisotopic (exact) mass is 280 g/mol. The van der Waals surface area contributed by atoms with E-state index in [9.17, 15) is 4.79 Å². The Morgan fingerprint density at radius 1 is 1.53 bits per heavy atom. The molecule has 1 saturated carbocycles. The quantitative estimate of drug-likeness (QED) is 0.838. The summed E-state index contributed by atoms with van der Waals surface area (Å²) in [7, 11) is 1.38. The van der Waals surface area contributed by atoms with Gasteiger partial charge in [-0.3, -0.25) is 4.98 Å². The zero-order valence-corrected chi connectivity index (χ0v) is 12.2. The van der Waals surface area contributed by atoms with Crippen LogP contribution in [-0.4, -0.2) is 35.6 Å². The molecule has 1 N–H and O–H groups in total. The number of thioether (sulfide) groups is 1. The van der Waals surface area contributed by atoms with Crippen molar-refractivity contribution in [3.05, 3.63) is 29.6 Å². The number of pyridine rings is 1. The van der Waals surface area contributed by atoms with Gasteiger partial charge in [0.15, 0.2) is 0 Å². The van der Waals surface area contributed by atoms with Crippen molar-refractivity contribution in [2.24, 2.45) is 0 Å². The average molecular weight is 280 g/mol. The molecule has 0 aliphatic heterocycles. The van der Waals surface area contributed by atoms with Crippen molar-refractivity contribution in [2.75, 3.05) is 13.4 Å². The molecule has 1 fully saturated rings. The number of rotatable bonds is 5. The lowest BCUT2D eigenvalue weighted by Gasteiger charge is -2.12. The maximum atomic E-state index is 11.3. The lowest BCUT2D eigenvalue weighted by molar-refractivity contribution is 0.0600. The Balaban J connectivity index is 1.82. The zero-order valence-electron chi connectivity index (χ0n) is 11.4. The highest BCUT2D eigenvalue weighted by molar-refractivity contribution is 7.99. The van der Waals surface area contributed by atoms with Gasteiger partial charge in [-0.2, -0.15) is 11.8 Å². The van der Waals surface area contributed by atoms with Crippen molar-refractivity contribution < 1.29 is 9.53 Å². The number of hydrogen-bond donors (Lipinski definition) is 1. The number of aromatic nitrogens is 1. The van der Waals surface area contributed by atoms with Crippen molar-refractivity contribution in [2.45, 2.75) is 37.1 Å². The van der Waals surface area contributed by atoms with Crippen LogP contribution in [0.5, 0.6) is 0 Å². The molecule has 1 aliphatic rings. The van der Waals surface area contributed by atoms with E-state index in [1.165, 1.54) is 26.4 Å². The molecule has 0 radical (unpaired) electrons. The summed E-state index contributed by atoms with van der Waals surface area (Å²) in [5.41, 5.74) is 1.45. The van der Waals surface area contributed by atoms with E-state index < -0.39 is 0 Å². The highest BCUT2D eigenvalue weighted by atomic mass is 32.2. The van der Waals surface area contributed by atoms with Gasteiger partial charge in [0.1, 0.15) is 0 Å². The van der Waals surface area contributed by atoms with E-state index in [0.717, 1.165) is 17.5 Å². The molecule has 1 aliphatic carbocycles. The minimum Gasteiger partial charge on any atom is -0.465 e. The van der Waals surface area contributed by atoms with Gasteiger partial charge in [0.25, 0.3) is 0 Å². The molecule has 2 rings (SSSR count). The van der Waals surface area contributed by atoms with E-state index in [2.05, 4.69) is 21.3 Å². The predicted octanol–water partition coefficient (Wildman–Crippen LogP) is 2.24. The van der Waals surface area contributed by atoms with Crippen LogP contribution in [0.4, 0.5) is 0 Å². The number of carbonyl (C=O) groups is 1. The third kappa shape index (κ3) is 3.94. The highest BCUT2D eigenvalue weighted by Gasteiger charge is 2.23. The summed E-state index contributed by atoms with van der Waals surface area (Å²) in [5.74, 6) is -0.342. The largest absolute Gasteiger partial charge is 0.465 e. The first-order chi connectivity index (χ1) is 9.22. The number of hydrogen-bond acceptors (Lipinski definition) is 5. The Morgan fingerprint density at radius 3 is 2.95 bits per heavy atom. The van der Waals surface area contributed by atoms with Gasteiger partial charge in [0.2, 0.25) is 0 Å². The van der Waals surface area contributed by atoms with E-state index in [1.807, 2.05) is 17.8 Å². The molecule has 0 amide bonds. The van der Waals surface area contributed by atoms with Crippen LogP contribution >= 0.6 is 11.8 Å². The number of ether oxygens (including phenoxy) is 1. The van der Waals surface area contributed by atoms with Crippen LogP contribution in [-0.2, 0) is 11.3 Å². The van der Waals surface area contributed by atoms with Crippen molar-refractivity contribution in [3.63, 3.8) is 0 Å². The molecule has 0 spiro atoms. The average Bonchev–Trinajstić information content (AvgIpc) is 2.93. The van der Waals surface area contributed by atoms with E-state index in [0.29, 0.717) is 11.6 Å². The first kappa shape index (κ1) is 14.3. The van der Waals surface area contributed by atoms with Gasteiger partial charge in [-0.25, -0.2) is 4.79 Å². The first-order valence-corrected chi connectivity index (χ1v) is 7.81. The summed E-state index contributed by atoms with van der Waals surface area (Å²) >= 11 is 1.96. The second-order valence-corrected chi connectivity index (χ2v) is 5.92. The van der Waals surface area contributed by atoms with Gasteiger partial charge in [0, 0.05) is 24.0 Å². The fourth-order valence-corrected chi connectivity index (χ4v) is 3.15. The van der Waals surface area contributed by atoms with Crippen LogP contribution in [0.25, 0.3) is 0 Å². The third-order valence-electron chi connectivity index (χ3n) is 3.54. The van der Waals surface area contributed by atoms with Gasteiger partial charge >= 0.3 is 5.97 Å². The predicted molar refractivity (Wildman–Crippen MR) is 77.4 cm³/mol. The second kappa shape index (κ2) is 6.91. The molecule has 5 heteroatoms. The maximum absolute atomic E-state index is 11.3. The van der Waals surface area contributed by atoms with Crippen molar-refractivity contribution in [1.29, 1.82) is 0 Å². The minimum atomic E-state index is -0.342. The molecule has 1 aromatic heterocycles. The number of nitrogens with zero attached hydrogens (tertiary/aromatic N) is 1. The molecule has 1 heterocycles. The number of esters is 1. The lowest BCUT2D eigenvalue weighted by Crippen LogP contribution is -2.26. The zero-order chi connectivity index (χ0) is 13.7. The number of methoxy groups -OCH3 is 1. The van der Waals surface area contributed by atoms with Crippen LogP contribution < -0.4 is 5.32 Å². The van der Waals surface area contributed by atoms with Crippen LogP contribution in [0.1, 0.15) is 35.3 Å². The number of nitrogens with one attached hydrogen (secondary N) is 1. The smallest absolute Gasteiger partial charge is 0.339 e. The summed E-state index contributed by atoms with van der Waals surface area (Å²) < 4.78 is 4.64. The summed E-state index contributed by atoms with van der Waals surface area (Å²) in [4.78, 5) is 15.6. The topological polar surface area (TPSA) is 51.2 Å². The van der Waals surface area contributed by atoms with Gasteiger partial charge in [-0.1, -0.05) is 0 Å². The molecule has 104 valence electrons. The summed E-state index contributed by atoms with van der Waals surface area (Å²) in [5, 5.41) is 4.33. The van der Waals surface area contributed by atoms with E-state index in [1.54, 1.807) is 12.3 Å². The van der Waals surface area contributed by atoms with E-state index in [4.69, 9.17) is 0 Å². The van der Waals surface area contributed by atoms with Gasteiger partial charge < -0.3 is 10.1 Å². The Labute approximate surface area is 118 Å². The van der Waals surface area contributed by atoms with Crippen LogP contribution in [0.2, 0.25) is 0 Å². The van der Waals surface area contributed by atoms with Crippen LogP contribution in [0.15, 0.2) is 18.3 Å². The maximum Gasteiger partial charge on any atom is 0.339 e. The van der Waals surface area contributed by atoms with Crippen LogP contribution in [0.3, 0.4) is 0 Å². The number of carbonyl (C=O) groups excluding carboxylic acids is 1. The molecule has 0 bridgehead atoms. The Kier molecular flexibility index (Phi) is 5.22. The molecule has 19 heavy (non-hydrogen) atoms. The molecular weight excluding hydrogens is 260 g/mol. The van der Waals surface area contributed by atoms with Gasteiger partial charge in [-0.15, -0.1) is 0 Å². The molecule has 1 aromatic rings.